The van der Waals surface area contributed by atoms with Crippen molar-refractivity contribution in [1.82, 2.24) is 9.97 Å². The van der Waals surface area contributed by atoms with E-state index in [0.29, 0.717) is 10.9 Å². The second-order valence-corrected chi connectivity index (χ2v) is 3.73. The van der Waals surface area contributed by atoms with Gasteiger partial charge in [0.15, 0.2) is 0 Å². The number of aromatic nitrogens is 2. The third kappa shape index (κ3) is 1.29. The highest BCUT2D eigenvalue weighted by Gasteiger charge is 2.09. The number of hydrogen-bond donors (Lipinski definition) is 2. The van der Waals surface area contributed by atoms with Crippen molar-refractivity contribution < 1.29 is 10.2 Å². The van der Waals surface area contributed by atoms with E-state index in [1.165, 1.54) is 0 Å². The average Bonchev–Trinajstić information content (AvgIpc) is 2.12. The van der Waals surface area contributed by atoms with Gasteiger partial charge in [0.05, 0.1) is 10.9 Å². The van der Waals surface area contributed by atoms with E-state index in [-0.39, 0.29) is 5.88 Å². The molecule has 4 nitrogen and oxygen atoms in total. The Morgan fingerprint density at radius 2 is 1.93 bits per heavy atom. The minimum atomic E-state index is -0.429. The Bertz CT molecular complexity index is 514. The molecule has 0 saturated heterocycles. The predicted molar refractivity (Wildman–Crippen MR) is 55.3 cm³/mol. The first-order valence-electron chi connectivity index (χ1n) is 3.94. The number of benzene rings is 1. The number of aryl methyl sites for hydroxylation is 1. The summed E-state index contributed by atoms with van der Waals surface area (Å²) in [5.74, 6) is -0.215. The molecule has 1 aromatic heterocycles. The molecule has 72 valence electrons. The van der Waals surface area contributed by atoms with E-state index in [4.69, 9.17) is 5.11 Å². The smallest absolute Gasteiger partial charge is 0.317 e. The van der Waals surface area contributed by atoms with Crippen molar-refractivity contribution in [3.63, 3.8) is 0 Å². The van der Waals surface area contributed by atoms with Gasteiger partial charge in [-0.25, -0.2) is 0 Å². The van der Waals surface area contributed by atoms with Crippen LogP contribution in [0.1, 0.15) is 5.56 Å². The normalized spacial score (nSPS) is 10.7. The number of hydrogen-bond acceptors (Lipinski definition) is 4. The highest BCUT2D eigenvalue weighted by molar-refractivity contribution is 9.10. The molecule has 1 heterocycles. The van der Waals surface area contributed by atoms with Crippen molar-refractivity contribution in [3.05, 3.63) is 22.2 Å². The molecule has 0 amide bonds. The summed E-state index contributed by atoms with van der Waals surface area (Å²) < 4.78 is 0.753. The van der Waals surface area contributed by atoms with Crippen LogP contribution in [-0.4, -0.2) is 20.2 Å². The van der Waals surface area contributed by atoms with Crippen molar-refractivity contribution in [2.24, 2.45) is 0 Å². The van der Waals surface area contributed by atoms with E-state index in [0.717, 1.165) is 10.0 Å². The molecule has 2 aromatic rings. The molecule has 0 unspecified atom stereocenters. The van der Waals surface area contributed by atoms with Crippen molar-refractivity contribution in [1.29, 1.82) is 0 Å². The zero-order chi connectivity index (χ0) is 10.3. The van der Waals surface area contributed by atoms with Gasteiger partial charge in [-0.3, -0.25) is 0 Å². The molecule has 0 atom stereocenters. The molecular formula is C9H7BrN2O2. The highest BCUT2D eigenvalue weighted by Crippen LogP contribution is 2.30. The standard InChI is InChI=1S/C9H7BrN2O2/c1-4-2-3-5-7(6(4)10)11-9(14)12-8(5)13/h2-3H,1H3,(H2,11,12,13,14). The van der Waals surface area contributed by atoms with Crippen LogP contribution in [0.4, 0.5) is 0 Å². The molecule has 14 heavy (non-hydrogen) atoms. The van der Waals surface area contributed by atoms with Crippen molar-refractivity contribution in [2.45, 2.75) is 6.92 Å². The van der Waals surface area contributed by atoms with Gasteiger partial charge < -0.3 is 10.2 Å². The van der Waals surface area contributed by atoms with E-state index in [1.807, 2.05) is 13.0 Å². The maximum atomic E-state index is 9.44. The van der Waals surface area contributed by atoms with Gasteiger partial charge in [-0.2, -0.15) is 9.97 Å². The lowest BCUT2D eigenvalue weighted by atomic mass is 10.2. The molecule has 5 heteroatoms. The van der Waals surface area contributed by atoms with Crippen LogP contribution < -0.4 is 0 Å². The molecule has 0 radical (unpaired) electrons. The van der Waals surface area contributed by atoms with Gasteiger partial charge >= 0.3 is 6.01 Å². The predicted octanol–water partition coefficient (Wildman–Crippen LogP) is 2.11. The third-order valence-corrected chi connectivity index (χ3v) is 2.97. The molecule has 0 bridgehead atoms. The van der Waals surface area contributed by atoms with Crippen LogP contribution in [-0.2, 0) is 0 Å². The lowest BCUT2D eigenvalue weighted by Gasteiger charge is -2.04. The lowest BCUT2D eigenvalue weighted by molar-refractivity contribution is 0.403. The molecule has 0 spiro atoms. The molecule has 2 rings (SSSR count). The highest BCUT2D eigenvalue weighted by atomic mass is 79.9. The van der Waals surface area contributed by atoms with Crippen LogP contribution in [0.15, 0.2) is 16.6 Å². The number of fused-ring (bicyclic) bond motifs is 1. The Morgan fingerprint density at radius 3 is 2.64 bits per heavy atom. The van der Waals surface area contributed by atoms with Crippen LogP contribution in [0.5, 0.6) is 11.9 Å². The fourth-order valence-corrected chi connectivity index (χ4v) is 1.67. The van der Waals surface area contributed by atoms with Crippen LogP contribution in [0.25, 0.3) is 10.9 Å². The van der Waals surface area contributed by atoms with E-state index in [2.05, 4.69) is 25.9 Å². The van der Waals surface area contributed by atoms with Crippen LogP contribution in [0, 0.1) is 6.92 Å². The molecule has 0 aliphatic rings. The van der Waals surface area contributed by atoms with Crippen molar-refractivity contribution >= 4 is 26.8 Å². The van der Waals surface area contributed by atoms with E-state index < -0.39 is 6.01 Å². The lowest BCUT2D eigenvalue weighted by Crippen LogP contribution is -1.88. The summed E-state index contributed by atoms with van der Waals surface area (Å²) in [6.45, 7) is 1.90. The minimum absolute atomic E-state index is 0.215. The van der Waals surface area contributed by atoms with Gasteiger partial charge in [0.1, 0.15) is 0 Å². The first kappa shape index (κ1) is 9.21. The van der Waals surface area contributed by atoms with Crippen molar-refractivity contribution in [2.75, 3.05) is 0 Å². The zero-order valence-electron chi connectivity index (χ0n) is 7.32. The average molecular weight is 255 g/mol. The second-order valence-electron chi connectivity index (χ2n) is 2.94. The Labute approximate surface area is 88.4 Å². The Morgan fingerprint density at radius 1 is 1.21 bits per heavy atom. The summed E-state index contributed by atoms with van der Waals surface area (Å²) in [5, 5.41) is 19.1. The number of rotatable bonds is 0. The van der Waals surface area contributed by atoms with Gasteiger partial charge in [0, 0.05) is 4.47 Å². The molecule has 2 N–H and O–H groups in total. The SMILES string of the molecule is Cc1ccc2c(O)nc(O)nc2c1Br. The van der Waals surface area contributed by atoms with E-state index in [1.54, 1.807) is 6.07 Å². The fourth-order valence-electron chi connectivity index (χ4n) is 1.24. The van der Waals surface area contributed by atoms with Crippen molar-refractivity contribution in [3.8, 4) is 11.9 Å². The molecule has 0 aliphatic carbocycles. The van der Waals surface area contributed by atoms with Crippen LogP contribution >= 0.6 is 15.9 Å². The van der Waals surface area contributed by atoms with Gasteiger partial charge in [-0.05, 0) is 34.5 Å². The third-order valence-electron chi connectivity index (χ3n) is 1.97. The second kappa shape index (κ2) is 3.09. The number of aromatic hydroxyl groups is 2. The maximum absolute atomic E-state index is 9.44. The number of halogens is 1. The Balaban J connectivity index is 2.95. The Kier molecular flexibility index (Phi) is 2.03. The summed E-state index contributed by atoms with van der Waals surface area (Å²) in [4.78, 5) is 7.29. The summed E-state index contributed by atoms with van der Waals surface area (Å²) in [7, 11) is 0. The zero-order valence-corrected chi connectivity index (χ0v) is 8.91. The first-order chi connectivity index (χ1) is 6.59. The summed E-state index contributed by atoms with van der Waals surface area (Å²) in [6, 6.07) is 3.12. The van der Waals surface area contributed by atoms with Gasteiger partial charge in [0.2, 0.25) is 5.88 Å². The maximum Gasteiger partial charge on any atom is 0.317 e. The van der Waals surface area contributed by atoms with E-state index in [9.17, 15) is 5.11 Å². The summed E-state index contributed by atoms with van der Waals surface area (Å²) in [5.41, 5.74) is 1.49. The topological polar surface area (TPSA) is 66.2 Å². The minimum Gasteiger partial charge on any atom is -0.493 e. The largest absolute Gasteiger partial charge is 0.493 e. The monoisotopic (exact) mass is 254 g/mol. The molecule has 1 aromatic carbocycles. The summed E-state index contributed by atoms with van der Waals surface area (Å²) >= 11 is 3.34. The van der Waals surface area contributed by atoms with Crippen LogP contribution in [0.2, 0.25) is 0 Å². The van der Waals surface area contributed by atoms with Gasteiger partial charge in [0.25, 0.3) is 0 Å². The van der Waals surface area contributed by atoms with Gasteiger partial charge in [-0.1, -0.05) is 6.07 Å². The Hall–Kier alpha value is -1.36. The fraction of sp³-hybridized carbons (Fsp3) is 0.111. The number of nitrogens with zero attached hydrogens (tertiary/aromatic N) is 2. The van der Waals surface area contributed by atoms with Crippen LogP contribution in [0.3, 0.4) is 0 Å². The molecular weight excluding hydrogens is 248 g/mol. The molecule has 0 saturated carbocycles. The first-order valence-corrected chi connectivity index (χ1v) is 4.73. The van der Waals surface area contributed by atoms with Gasteiger partial charge in [-0.15, -0.1) is 0 Å². The quantitative estimate of drug-likeness (QED) is 0.756. The molecule has 0 aliphatic heterocycles. The molecule has 0 fully saturated rings. The summed E-state index contributed by atoms with van der Waals surface area (Å²) in [6.07, 6.45) is 0. The van der Waals surface area contributed by atoms with E-state index >= 15 is 0 Å².